The Bertz CT molecular complexity index is 3410. The van der Waals surface area contributed by atoms with E-state index in [4.69, 9.17) is 4.74 Å². The van der Waals surface area contributed by atoms with Crippen molar-refractivity contribution in [2.75, 3.05) is 0 Å². The molecular weight excluding hydrogens is 1250 g/mol. The largest absolute Gasteiger partial charge is 0.419 e. The van der Waals surface area contributed by atoms with Crippen LogP contribution in [0.25, 0.3) is 10.9 Å². The minimum absolute atomic E-state index is 0.336. The van der Waals surface area contributed by atoms with Crippen molar-refractivity contribution in [3.05, 3.63) is 225 Å². The van der Waals surface area contributed by atoms with E-state index in [1.807, 2.05) is 65.2 Å². The lowest BCUT2D eigenvalue weighted by Gasteiger charge is -2.46. The lowest BCUT2D eigenvalue weighted by atomic mass is 9.12. The number of fused-ring (bicyclic) bond motifs is 1. The number of ether oxygens (including phenoxy) is 1. The maximum atomic E-state index is 14.2. The lowest BCUT2D eigenvalue weighted by Crippen LogP contribution is -2.75. The van der Waals surface area contributed by atoms with Crippen LogP contribution in [0.2, 0.25) is 0 Å². The van der Waals surface area contributed by atoms with Crippen molar-refractivity contribution >= 4 is 44.9 Å². The third-order valence-corrected chi connectivity index (χ3v) is 14.9. The average molecular weight is 1290 g/mol. The molecular formula is C61H40BF24NO2. The summed E-state index contributed by atoms with van der Waals surface area (Å²) in [6, 6.07) is 21.5. The fraction of sp³-hybridized carbons (Fsp3) is 0.246. The molecule has 1 aliphatic carbocycles. The highest BCUT2D eigenvalue weighted by Gasteiger charge is 2.47. The predicted molar refractivity (Wildman–Crippen MR) is 277 cm³/mol. The number of halogens is 24. The third-order valence-electron chi connectivity index (χ3n) is 14.9. The van der Waals surface area contributed by atoms with Gasteiger partial charge in [0.1, 0.15) is 11.9 Å². The smallest absolute Gasteiger partial charge is 0.416 e. The van der Waals surface area contributed by atoms with Crippen LogP contribution in [0.4, 0.5) is 105 Å². The van der Waals surface area contributed by atoms with E-state index in [9.17, 15) is 110 Å². The van der Waals surface area contributed by atoms with Gasteiger partial charge in [0.25, 0.3) is 5.69 Å². The molecule has 89 heavy (non-hydrogen) atoms. The van der Waals surface area contributed by atoms with Gasteiger partial charge >= 0.3 is 55.4 Å². The summed E-state index contributed by atoms with van der Waals surface area (Å²) in [5, 5.41) is 1.09. The number of hydrogen-bond donors (Lipinski definition) is 0. The Morgan fingerprint density at radius 1 is 0.382 bits per heavy atom. The van der Waals surface area contributed by atoms with Gasteiger partial charge in [-0.1, -0.05) is 122 Å². The minimum Gasteiger partial charge on any atom is -0.419 e. The second-order valence-corrected chi connectivity index (χ2v) is 20.9. The number of nitrogens with zero attached hydrogens (tertiary/aromatic N) is 1. The summed E-state index contributed by atoms with van der Waals surface area (Å²) >= 11 is 0. The molecule has 0 bridgehead atoms. The lowest BCUT2D eigenvalue weighted by molar-refractivity contribution is -0.664. The van der Waals surface area contributed by atoms with E-state index in [0.717, 1.165) is 16.5 Å². The Morgan fingerprint density at radius 3 is 1.04 bits per heavy atom. The van der Waals surface area contributed by atoms with E-state index in [1.165, 1.54) is 37.7 Å². The van der Waals surface area contributed by atoms with Crippen LogP contribution in [0.1, 0.15) is 104 Å². The molecule has 0 spiro atoms. The average Bonchev–Trinajstić information content (AvgIpc) is 0.716. The number of alkyl halides is 24. The Balaban J connectivity index is 0.000000267. The standard InChI is InChI=1S/C32H12BF24.C29H28NO2/c34-25(35,36)13-1-14(26(37,38)39)6-21(5-13)33(22-7-15(27(40,41)42)2-16(8-22)28(43,44)45,23-9-17(29(46,47)48)3-18(10-23)30(49,50)51)24-11-19(31(52,53)54)4-20(12-24)32(55,56)57;31-29(32-26-18-15-24(16-19-26)23-11-5-2-6-12-23)28-20-17-25-13-7-8-14-27(25)30(28)21-22-9-3-1-4-10-22/h1-12H;1,3-4,7-10,13-20,23H,2,5-6,11-12,21H2/q-1;+1. The first kappa shape index (κ1) is 66.8. The Kier molecular flexibility index (Phi) is 18.2. The number of carbonyl (C=O) groups excluding carboxylic acids is 1. The molecule has 0 saturated heterocycles. The van der Waals surface area contributed by atoms with Gasteiger partial charge in [0.2, 0.25) is 5.52 Å². The zero-order valence-corrected chi connectivity index (χ0v) is 44.8. The van der Waals surface area contributed by atoms with Crippen LogP contribution in [-0.4, -0.2) is 12.1 Å². The van der Waals surface area contributed by atoms with Gasteiger partial charge in [-0.15, -0.1) is 0 Å². The highest BCUT2D eigenvalue weighted by molar-refractivity contribution is 7.20. The fourth-order valence-corrected chi connectivity index (χ4v) is 10.9. The second kappa shape index (κ2) is 24.3. The van der Waals surface area contributed by atoms with Gasteiger partial charge in [0.05, 0.1) is 44.5 Å². The first-order chi connectivity index (χ1) is 41.0. The Labute approximate surface area is 488 Å². The van der Waals surface area contributed by atoms with Gasteiger partial charge in [0, 0.05) is 23.1 Å². The highest BCUT2D eigenvalue weighted by Crippen LogP contribution is 2.42. The summed E-state index contributed by atoms with van der Waals surface area (Å²) in [5.74, 6) is 0.896. The number of pyridine rings is 1. The normalized spacial score (nSPS) is 14.3. The fourth-order valence-electron chi connectivity index (χ4n) is 10.9. The second-order valence-electron chi connectivity index (χ2n) is 20.9. The molecule has 0 amide bonds. The van der Waals surface area contributed by atoms with Crippen molar-refractivity contribution < 1.29 is 119 Å². The number of rotatable bonds is 9. The molecule has 1 aromatic heterocycles. The van der Waals surface area contributed by atoms with Crippen molar-refractivity contribution in [1.29, 1.82) is 0 Å². The molecule has 0 radical (unpaired) electrons. The summed E-state index contributed by atoms with van der Waals surface area (Å²) in [4.78, 5) is 13.2. The molecule has 1 aliphatic rings. The van der Waals surface area contributed by atoms with Crippen LogP contribution in [0, 0.1) is 0 Å². The Hall–Kier alpha value is -8.20. The van der Waals surface area contributed by atoms with Crippen molar-refractivity contribution in [2.45, 2.75) is 94.0 Å². The molecule has 8 aromatic rings. The van der Waals surface area contributed by atoms with E-state index in [1.54, 1.807) is 0 Å². The topological polar surface area (TPSA) is 30.2 Å². The van der Waals surface area contributed by atoms with Gasteiger partial charge < -0.3 is 4.74 Å². The summed E-state index contributed by atoms with van der Waals surface area (Å²) in [6.45, 7) is 0.604. The third kappa shape index (κ3) is 15.3. The quantitative estimate of drug-likeness (QED) is 0.0474. The van der Waals surface area contributed by atoms with Crippen LogP contribution in [0.5, 0.6) is 5.75 Å². The summed E-state index contributed by atoms with van der Waals surface area (Å²) in [7, 11) is 0. The summed E-state index contributed by atoms with van der Waals surface area (Å²) in [5.41, 5.74) is -26.2. The molecule has 3 nitrogen and oxygen atoms in total. The van der Waals surface area contributed by atoms with Crippen LogP contribution in [0.3, 0.4) is 0 Å². The van der Waals surface area contributed by atoms with E-state index in [2.05, 4.69) is 30.3 Å². The number of hydrogen-bond acceptors (Lipinski definition) is 2. The van der Waals surface area contributed by atoms with Crippen LogP contribution >= 0.6 is 0 Å². The monoisotopic (exact) mass is 1290 g/mol. The maximum Gasteiger partial charge on any atom is 0.416 e. The number of para-hydroxylation sites is 1. The molecule has 28 heteroatoms. The van der Waals surface area contributed by atoms with Crippen molar-refractivity contribution in [2.24, 2.45) is 0 Å². The van der Waals surface area contributed by atoms with Crippen LogP contribution in [-0.2, 0) is 56.0 Å². The zero-order valence-electron chi connectivity index (χ0n) is 44.8. The molecule has 1 heterocycles. The number of benzene rings is 7. The van der Waals surface area contributed by atoms with Crippen molar-refractivity contribution in [1.82, 2.24) is 0 Å². The molecule has 0 aliphatic heterocycles. The van der Waals surface area contributed by atoms with Gasteiger partial charge in [-0.25, -0.2) is 4.79 Å². The van der Waals surface area contributed by atoms with E-state index in [-0.39, 0.29) is 5.97 Å². The minimum atomic E-state index is -6.13. The Morgan fingerprint density at radius 2 is 0.708 bits per heavy atom. The van der Waals surface area contributed by atoms with E-state index in [0.29, 0.717) is 23.9 Å². The molecule has 1 fully saturated rings. The van der Waals surface area contributed by atoms with Gasteiger partial charge in [-0.3, -0.25) is 0 Å². The highest BCUT2D eigenvalue weighted by atomic mass is 19.4. The van der Waals surface area contributed by atoms with Crippen molar-refractivity contribution in [3.8, 4) is 5.75 Å². The van der Waals surface area contributed by atoms with Gasteiger partial charge in [0.15, 0.2) is 6.54 Å². The number of esters is 1. The number of carbonyl (C=O) groups is 1. The molecule has 0 unspecified atom stereocenters. The number of aromatic nitrogens is 1. The first-order valence-electron chi connectivity index (χ1n) is 26.2. The first-order valence-corrected chi connectivity index (χ1v) is 26.2. The van der Waals surface area contributed by atoms with Gasteiger partial charge in [-0.2, -0.15) is 132 Å². The molecule has 7 aromatic carbocycles. The van der Waals surface area contributed by atoms with E-state index >= 15 is 0 Å². The predicted octanol–water partition coefficient (Wildman–Crippen LogP) is 17.7. The van der Waals surface area contributed by atoms with Crippen LogP contribution in [0.15, 0.2) is 164 Å². The summed E-state index contributed by atoms with van der Waals surface area (Å²) < 4.78 is 349. The van der Waals surface area contributed by atoms with E-state index < -0.39 is 195 Å². The molecule has 0 N–H and O–H groups in total. The zero-order chi connectivity index (χ0) is 65.7. The molecule has 1 saturated carbocycles. The SMILES string of the molecule is FC(F)(F)c1cc([B-](c2cc(C(F)(F)F)cc(C(F)(F)F)c2)(c2cc(C(F)(F)F)cc(C(F)(F)F)c2)c2cc(C(F)(F)F)cc(C(F)(F)F)c2)cc(C(F)(F)F)c1.O=C(Oc1ccc(C2CCCCC2)cc1)c1ccc2ccccc2[n+]1Cc1ccccc1. The van der Waals surface area contributed by atoms with Crippen molar-refractivity contribution in [3.63, 3.8) is 0 Å². The molecule has 9 rings (SSSR count). The van der Waals surface area contributed by atoms with Gasteiger partial charge in [-0.05, 0) is 72.9 Å². The molecule has 472 valence electrons. The maximum absolute atomic E-state index is 14.2. The van der Waals surface area contributed by atoms with Crippen LogP contribution < -0.4 is 31.2 Å². The molecule has 0 atom stereocenters. The summed E-state index contributed by atoms with van der Waals surface area (Å²) in [6.07, 6.45) is -48.3.